The van der Waals surface area contributed by atoms with Gasteiger partial charge in [-0.05, 0) is 5.56 Å². The molecule has 1 aromatic heterocycles. The Labute approximate surface area is 122 Å². The van der Waals surface area contributed by atoms with E-state index in [0.717, 1.165) is 5.56 Å². The number of carboxylic acids is 1. The molecule has 0 aliphatic heterocycles. The number of nitrogens with zero attached hydrogens (tertiary/aromatic N) is 2. The van der Waals surface area contributed by atoms with Gasteiger partial charge in [0.1, 0.15) is 4.90 Å². The van der Waals surface area contributed by atoms with Crippen LogP contribution in [0.3, 0.4) is 0 Å². The Bertz CT molecular complexity index is 710. The molecule has 0 aliphatic carbocycles. The minimum Gasteiger partial charge on any atom is -0.481 e. The summed E-state index contributed by atoms with van der Waals surface area (Å²) in [7, 11) is -3.66. The lowest BCUT2D eigenvalue weighted by molar-refractivity contribution is -0.137. The number of benzene rings is 1. The number of nitrogens with one attached hydrogen (secondary N) is 1. The summed E-state index contributed by atoms with van der Waals surface area (Å²) in [5.41, 5.74) is 0.847. The third-order valence-corrected chi connectivity index (χ3v) is 4.14. The van der Waals surface area contributed by atoms with Crippen LogP contribution in [0.5, 0.6) is 0 Å². The average molecular weight is 309 g/mol. The number of aryl methyl sites for hydroxylation is 1. The second-order valence-corrected chi connectivity index (χ2v) is 6.16. The zero-order valence-electron chi connectivity index (χ0n) is 11.1. The van der Waals surface area contributed by atoms with Gasteiger partial charge in [0.05, 0.1) is 19.2 Å². The molecular weight excluding hydrogens is 294 g/mol. The van der Waals surface area contributed by atoms with E-state index in [-0.39, 0.29) is 24.4 Å². The minimum absolute atomic E-state index is 0.0174. The summed E-state index contributed by atoms with van der Waals surface area (Å²) in [5.74, 6) is -0.961. The van der Waals surface area contributed by atoms with Crippen LogP contribution in [0.4, 0.5) is 0 Å². The van der Waals surface area contributed by atoms with Crippen molar-refractivity contribution in [2.75, 3.05) is 0 Å². The fourth-order valence-corrected chi connectivity index (χ4v) is 2.64. The van der Waals surface area contributed by atoms with Crippen LogP contribution in [0.25, 0.3) is 0 Å². The van der Waals surface area contributed by atoms with Crippen LogP contribution in [-0.4, -0.2) is 29.3 Å². The zero-order valence-corrected chi connectivity index (χ0v) is 12.0. The van der Waals surface area contributed by atoms with Gasteiger partial charge < -0.3 is 5.11 Å². The van der Waals surface area contributed by atoms with Crippen molar-refractivity contribution >= 4 is 16.0 Å². The Kier molecular flexibility index (Phi) is 4.71. The largest absolute Gasteiger partial charge is 0.481 e. The van der Waals surface area contributed by atoms with Crippen molar-refractivity contribution in [2.45, 2.75) is 24.4 Å². The van der Waals surface area contributed by atoms with Gasteiger partial charge in [-0.3, -0.25) is 9.48 Å². The van der Waals surface area contributed by atoms with E-state index in [1.54, 1.807) is 0 Å². The van der Waals surface area contributed by atoms with Gasteiger partial charge in [-0.2, -0.15) is 5.10 Å². The third kappa shape index (κ3) is 4.40. The third-order valence-electron chi connectivity index (χ3n) is 2.78. The molecule has 7 nitrogen and oxygen atoms in total. The van der Waals surface area contributed by atoms with E-state index in [0.29, 0.717) is 0 Å². The molecule has 0 atom stereocenters. The molecule has 1 heterocycles. The standard InChI is InChI=1S/C13H15N3O4S/c17-13(18)6-7-16-10-12(9-14-16)21(19,20)15-8-11-4-2-1-3-5-11/h1-5,9-10,15H,6-8H2,(H,17,18). The molecule has 0 unspecified atom stereocenters. The first kappa shape index (κ1) is 15.2. The lowest BCUT2D eigenvalue weighted by Crippen LogP contribution is -2.22. The SMILES string of the molecule is O=C(O)CCn1cc(S(=O)(=O)NCc2ccccc2)cn1. The Hall–Kier alpha value is -2.19. The van der Waals surface area contributed by atoms with Crippen LogP contribution in [0.1, 0.15) is 12.0 Å². The molecular formula is C13H15N3O4S. The predicted octanol–water partition coefficient (Wildman–Crippen LogP) is 0.836. The number of carboxylic acid groups (broad SMARTS) is 1. The highest BCUT2D eigenvalue weighted by Crippen LogP contribution is 2.08. The lowest BCUT2D eigenvalue weighted by Gasteiger charge is -2.04. The van der Waals surface area contributed by atoms with Crippen molar-refractivity contribution in [1.82, 2.24) is 14.5 Å². The number of aliphatic carboxylic acids is 1. The van der Waals surface area contributed by atoms with Gasteiger partial charge in [-0.25, -0.2) is 13.1 Å². The van der Waals surface area contributed by atoms with Crippen LogP contribution in [0.15, 0.2) is 47.6 Å². The molecule has 2 aromatic rings. The maximum Gasteiger partial charge on any atom is 0.305 e. The summed E-state index contributed by atoms with van der Waals surface area (Å²) in [6, 6.07) is 9.14. The first-order valence-electron chi connectivity index (χ1n) is 6.25. The summed E-state index contributed by atoms with van der Waals surface area (Å²) < 4.78 is 27.9. The molecule has 0 amide bonds. The van der Waals surface area contributed by atoms with Crippen LogP contribution < -0.4 is 4.72 Å². The molecule has 112 valence electrons. The highest BCUT2D eigenvalue weighted by atomic mass is 32.2. The molecule has 2 N–H and O–H groups in total. The van der Waals surface area contributed by atoms with Gasteiger partial charge in [0.2, 0.25) is 10.0 Å². The first-order valence-corrected chi connectivity index (χ1v) is 7.73. The molecule has 0 saturated carbocycles. The second-order valence-electron chi connectivity index (χ2n) is 4.39. The first-order chi connectivity index (χ1) is 9.97. The van der Waals surface area contributed by atoms with E-state index in [9.17, 15) is 13.2 Å². The monoisotopic (exact) mass is 309 g/mol. The van der Waals surface area contributed by atoms with Crippen molar-refractivity contribution in [3.8, 4) is 0 Å². The van der Waals surface area contributed by atoms with Crippen LogP contribution >= 0.6 is 0 Å². The average Bonchev–Trinajstić information content (AvgIpc) is 2.94. The van der Waals surface area contributed by atoms with Crippen LogP contribution in [0.2, 0.25) is 0 Å². The molecule has 0 radical (unpaired) electrons. The van der Waals surface area contributed by atoms with E-state index in [1.807, 2.05) is 30.3 Å². The molecule has 0 bridgehead atoms. The Morgan fingerprint density at radius 1 is 1.29 bits per heavy atom. The summed E-state index contributed by atoms with van der Waals surface area (Å²) >= 11 is 0. The van der Waals surface area contributed by atoms with Gasteiger partial charge in [0.25, 0.3) is 0 Å². The fourth-order valence-electron chi connectivity index (χ4n) is 1.67. The number of hydrogen-bond donors (Lipinski definition) is 2. The van der Waals surface area contributed by atoms with E-state index in [4.69, 9.17) is 5.11 Å². The molecule has 0 aliphatic rings. The number of rotatable bonds is 7. The minimum atomic E-state index is -3.66. The maximum absolute atomic E-state index is 12.1. The maximum atomic E-state index is 12.1. The summed E-state index contributed by atoms with van der Waals surface area (Å²) in [6.07, 6.45) is 2.41. The quantitative estimate of drug-likeness (QED) is 0.789. The van der Waals surface area contributed by atoms with E-state index >= 15 is 0 Å². The van der Waals surface area contributed by atoms with Crippen LogP contribution in [-0.2, 0) is 27.9 Å². The van der Waals surface area contributed by atoms with Crippen molar-refractivity contribution in [2.24, 2.45) is 0 Å². The highest BCUT2D eigenvalue weighted by Gasteiger charge is 2.16. The Morgan fingerprint density at radius 3 is 2.67 bits per heavy atom. The number of aromatic nitrogens is 2. The second kappa shape index (κ2) is 6.51. The fraction of sp³-hybridized carbons (Fsp3) is 0.231. The zero-order chi connectivity index (χ0) is 15.3. The molecule has 1 aromatic carbocycles. The topological polar surface area (TPSA) is 101 Å². The molecule has 0 fully saturated rings. The molecule has 0 saturated heterocycles. The van der Waals surface area contributed by atoms with Crippen molar-refractivity contribution < 1.29 is 18.3 Å². The number of carbonyl (C=O) groups is 1. The number of sulfonamides is 1. The summed E-state index contributed by atoms with van der Waals surface area (Å²) in [4.78, 5) is 10.5. The molecule has 8 heteroatoms. The van der Waals surface area contributed by atoms with Crippen molar-refractivity contribution in [3.05, 3.63) is 48.3 Å². The van der Waals surface area contributed by atoms with Gasteiger partial charge in [-0.15, -0.1) is 0 Å². The molecule has 21 heavy (non-hydrogen) atoms. The van der Waals surface area contributed by atoms with E-state index in [2.05, 4.69) is 9.82 Å². The van der Waals surface area contributed by atoms with E-state index in [1.165, 1.54) is 17.1 Å². The lowest BCUT2D eigenvalue weighted by atomic mass is 10.2. The van der Waals surface area contributed by atoms with Gasteiger partial charge in [0.15, 0.2) is 0 Å². The molecule has 0 spiro atoms. The normalized spacial score (nSPS) is 11.4. The summed E-state index contributed by atoms with van der Waals surface area (Å²) in [5, 5.41) is 12.4. The molecule has 2 rings (SSSR count). The van der Waals surface area contributed by atoms with E-state index < -0.39 is 16.0 Å². The van der Waals surface area contributed by atoms with Crippen molar-refractivity contribution in [3.63, 3.8) is 0 Å². The Morgan fingerprint density at radius 2 is 2.00 bits per heavy atom. The Balaban J connectivity index is 2.01. The van der Waals surface area contributed by atoms with Crippen LogP contribution in [0, 0.1) is 0 Å². The van der Waals surface area contributed by atoms with Gasteiger partial charge in [-0.1, -0.05) is 30.3 Å². The number of hydrogen-bond acceptors (Lipinski definition) is 4. The van der Waals surface area contributed by atoms with Crippen molar-refractivity contribution in [1.29, 1.82) is 0 Å². The summed E-state index contributed by atoms with van der Waals surface area (Å²) in [6.45, 7) is 0.313. The van der Waals surface area contributed by atoms with Gasteiger partial charge >= 0.3 is 5.97 Å². The predicted molar refractivity (Wildman–Crippen MR) is 74.9 cm³/mol. The highest BCUT2D eigenvalue weighted by molar-refractivity contribution is 7.89. The van der Waals surface area contributed by atoms with Gasteiger partial charge in [0, 0.05) is 12.7 Å². The smallest absolute Gasteiger partial charge is 0.305 e.